The molecule has 1 N–H and O–H groups in total. The normalized spacial score (nSPS) is 17.0. The maximum atomic E-state index is 12.5. The largest absolute Gasteiger partial charge is 0.279 e. The van der Waals surface area contributed by atoms with Gasteiger partial charge in [-0.3, -0.25) is 20.3 Å². The summed E-state index contributed by atoms with van der Waals surface area (Å²) in [7, 11) is 0. The van der Waals surface area contributed by atoms with Crippen molar-refractivity contribution in [1.82, 2.24) is 0 Å². The summed E-state index contributed by atoms with van der Waals surface area (Å²) < 4.78 is 0. The van der Waals surface area contributed by atoms with Crippen LogP contribution in [0.15, 0.2) is 64.8 Å². The number of carbonyl (C=O) groups is 1. The van der Waals surface area contributed by atoms with Gasteiger partial charge >= 0.3 is 0 Å². The number of carbonyl (C=O) groups excluding carboxylic acids is 1. The molecule has 25 heavy (non-hydrogen) atoms. The molecule has 0 radical (unpaired) electrons. The van der Waals surface area contributed by atoms with E-state index >= 15 is 0 Å². The molecular weight excluding hydrogens is 322 g/mol. The third-order valence-electron chi connectivity index (χ3n) is 3.68. The number of nitro groups is 1. The van der Waals surface area contributed by atoms with Crippen LogP contribution in [0.25, 0.3) is 0 Å². The number of nitro benzene ring substituents is 1. The van der Waals surface area contributed by atoms with Gasteiger partial charge in [0, 0.05) is 18.3 Å². The quantitative estimate of drug-likeness (QED) is 0.515. The molecule has 3 rings (SSSR count). The highest BCUT2D eigenvalue weighted by molar-refractivity contribution is 6.23. The Labute approximate surface area is 143 Å². The Morgan fingerprint density at radius 1 is 1.20 bits per heavy atom. The Hall–Kier alpha value is -3.55. The first kappa shape index (κ1) is 16.3. The molecule has 0 spiro atoms. The molecule has 0 fully saturated rings. The molecule has 1 heterocycles. The van der Waals surface area contributed by atoms with Gasteiger partial charge < -0.3 is 0 Å². The molecule has 2 aromatic rings. The smallest absolute Gasteiger partial charge is 0.269 e. The molecule has 1 atom stereocenters. The maximum absolute atomic E-state index is 12.5. The summed E-state index contributed by atoms with van der Waals surface area (Å²) in [5.41, 5.74) is 4.68. The lowest BCUT2D eigenvalue weighted by atomic mass is 10.1. The van der Waals surface area contributed by atoms with Crippen LogP contribution in [0.5, 0.6) is 0 Å². The molecule has 0 bridgehead atoms. The zero-order valence-electron chi connectivity index (χ0n) is 13.4. The Morgan fingerprint density at radius 2 is 1.88 bits per heavy atom. The second-order valence-electron chi connectivity index (χ2n) is 5.40. The summed E-state index contributed by atoms with van der Waals surface area (Å²) in [4.78, 5) is 22.6. The molecule has 0 saturated heterocycles. The van der Waals surface area contributed by atoms with Gasteiger partial charge in [0.25, 0.3) is 11.6 Å². The minimum atomic E-state index is -0.550. The van der Waals surface area contributed by atoms with Gasteiger partial charge in [0.05, 0.1) is 22.0 Å². The highest BCUT2D eigenvalue weighted by Gasteiger charge is 2.33. The standard InChI is InChI=1S/C17H15N5O3/c1-12-16(17(23)21(20-12)14-5-3-2-4-6-14)11-18-19-13-7-9-15(10-8-13)22(24)25/h2-11,16,19H,1H3/b18-11-/t16-/m0/s1. The first-order valence-corrected chi connectivity index (χ1v) is 7.54. The number of nitrogens with zero attached hydrogens (tertiary/aromatic N) is 4. The van der Waals surface area contributed by atoms with Crippen LogP contribution in [0, 0.1) is 16.0 Å². The van der Waals surface area contributed by atoms with Crippen LogP contribution in [0.1, 0.15) is 6.92 Å². The van der Waals surface area contributed by atoms with E-state index < -0.39 is 10.8 Å². The fraction of sp³-hybridized carbons (Fsp3) is 0.118. The average molecular weight is 337 g/mol. The fourth-order valence-electron chi connectivity index (χ4n) is 2.35. The number of anilines is 2. The van der Waals surface area contributed by atoms with Crippen LogP contribution in [0.4, 0.5) is 17.1 Å². The lowest BCUT2D eigenvalue weighted by Gasteiger charge is -2.12. The van der Waals surface area contributed by atoms with Gasteiger partial charge in [-0.2, -0.15) is 15.2 Å². The van der Waals surface area contributed by atoms with E-state index in [1.54, 1.807) is 19.1 Å². The third-order valence-corrected chi connectivity index (χ3v) is 3.68. The van der Waals surface area contributed by atoms with Crippen molar-refractivity contribution in [2.45, 2.75) is 6.92 Å². The van der Waals surface area contributed by atoms with Crippen molar-refractivity contribution in [2.24, 2.45) is 16.1 Å². The summed E-state index contributed by atoms with van der Waals surface area (Å²) >= 11 is 0. The first-order valence-electron chi connectivity index (χ1n) is 7.54. The van der Waals surface area contributed by atoms with Crippen LogP contribution in [0.2, 0.25) is 0 Å². The molecule has 1 aliphatic heterocycles. The molecule has 0 aliphatic carbocycles. The van der Waals surface area contributed by atoms with Gasteiger partial charge in [-0.05, 0) is 31.2 Å². The second-order valence-corrected chi connectivity index (χ2v) is 5.40. The highest BCUT2D eigenvalue weighted by atomic mass is 16.6. The number of rotatable bonds is 5. The summed E-state index contributed by atoms with van der Waals surface area (Å²) in [6.45, 7) is 1.77. The minimum absolute atomic E-state index is 0.00183. The summed E-state index contributed by atoms with van der Waals surface area (Å²) in [6, 6.07) is 15.0. The van der Waals surface area contributed by atoms with Crippen molar-refractivity contribution < 1.29 is 9.72 Å². The van der Waals surface area contributed by atoms with Gasteiger partial charge in [0.2, 0.25) is 0 Å². The molecule has 2 aromatic carbocycles. The molecular formula is C17H15N5O3. The Kier molecular flexibility index (Phi) is 4.51. The summed E-state index contributed by atoms with van der Waals surface area (Å²) in [5, 5.41) is 20.3. The summed E-state index contributed by atoms with van der Waals surface area (Å²) in [5.74, 6) is -0.733. The molecule has 8 heteroatoms. The number of benzene rings is 2. The second kappa shape index (κ2) is 6.91. The molecule has 126 valence electrons. The Morgan fingerprint density at radius 3 is 2.52 bits per heavy atom. The van der Waals surface area contributed by atoms with E-state index in [1.165, 1.54) is 23.4 Å². The zero-order chi connectivity index (χ0) is 17.8. The Balaban J connectivity index is 1.66. The van der Waals surface area contributed by atoms with Crippen molar-refractivity contribution in [2.75, 3.05) is 10.4 Å². The number of para-hydroxylation sites is 1. The van der Waals surface area contributed by atoms with Crippen LogP contribution in [-0.2, 0) is 4.79 Å². The van der Waals surface area contributed by atoms with E-state index in [-0.39, 0.29) is 11.6 Å². The zero-order valence-corrected chi connectivity index (χ0v) is 13.4. The summed E-state index contributed by atoms with van der Waals surface area (Å²) in [6.07, 6.45) is 1.48. The van der Waals surface area contributed by atoms with E-state index in [0.29, 0.717) is 17.1 Å². The van der Waals surface area contributed by atoms with E-state index in [9.17, 15) is 14.9 Å². The van der Waals surface area contributed by atoms with Crippen molar-refractivity contribution in [3.63, 3.8) is 0 Å². The number of hydrogen-bond donors (Lipinski definition) is 1. The third kappa shape index (κ3) is 3.52. The lowest BCUT2D eigenvalue weighted by Crippen LogP contribution is -2.28. The van der Waals surface area contributed by atoms with Crippen molar-refractivity contribution in [3.8, 4) is 0 Å². The topological polar surface area (TPSA) is 100 Å². The molecule has 0 saturated carbocycles. The van der Waals surface area contributed by atoms with E-state index in [2.05, 4.69) is 15.6 Å². The van der Waals surface area contributed by atoms with Gasteiger partial charge in [0.15, 0.2) is 0 Å². The average Bonchev–Trinajstić information content (AvgIpc) is 2.91. The van der Waals surface area contributed by atoms with E-state index in [4.69, 9.17) is 0 Å². The number of non-ortho nitro benzene ring substituents is 1. The van der Waals surface area contributed by atoms with Gasteiger partial charge in [0.1, 0.15) is 5.92 Å². The first-order chi connectivity index (χ1) is 12.1. The van der Waals surface area contributed by atoms with Crippen molar-refractivity contribution in [1.29, 1.82) is 0 Å². The van der Waals surface area contributed by atoms with E-state index in [1.807, 2.05) is 30.3 Å². The maximum Gasteiger partial charge on any atom is 0.269 e. The molecule has 0 unspecified atom stereocenters. The van der Waals surface area contributed by atoms with Gasteiger partial charge in [-0.15, -0.1) is 0 Å². The van der Waals surface area contributed by atoms with Crippen LogP contribution >= 0.6 is 0 Å². The minimum Gasteiger partial charge on any atom is -0.279 e. The fourth-order valence-corrected chi connectivity index (χ4v) is 2.35. The number of nitrogens with one attached hydrogen (secondary N) is 1. The van der Waals surface area contributed by atoms with Crippen LogP contribution in [-0.4, -0.2) is 22.8 Å². The van der Waals surface area contributed by atoms with Gasteiger partial charge in [-0.25, -0.2) is 0 Å². The highest BCUT2D eigenvalue weighted by Crippen LogP contribution is 2.22. The number of amides is 1. The predicted molar refractivity (Wildman–Crippen MR) is 95.7 cm³/mol. The lowest BCUT2D eigenvalue weighted by molar-refractivity contribution is -0.384. The number of hydrogen-bond acceptors (Lipinski definition) is 6. The van der Waals surface area contributed by atoms with Gasteiger partial charge in [-0.1, -0.05) is 18.2 Å². The van der Waals surface area contributed by atoms with Crippen molar-refractivity contribution in [3.05, 3.63) is 64.7 Å². The van der Waals surface area contributed by atoms with E-state index in [0.717, 1.165) is 0 Å². The molecule has 1 aliphatic rings. The van der Waals surface area contributed by atoms with Crippen molar-refractivity contribution >= 4 is 34.9 Å². The Bertz CT molecular complexity index is 846. The molecule has 1 amide bonds. The predicted octanol–water partition coefficient (Wildman–Crippen LogP) is 3.03. The monoisotopic (exact) mass is 337 g/mol. The van der Waals surface area contributed by atoms with Crippen LogP contribution < -0.4 is 10.4 Å². The molecule has 8 nitrogen and oxygen atoms in total. The SMILES string of the molecule is CC1=NN(c2ccccc2)C(=O)[C@H]1/C=N\Nc1ccc([N+](=O)[O-])cc1. The molecule has 0 aromatic heterocycles. The van der Waals surface area contributed by atoms with Crippen LogP contribution in [0.3, 0.4) is 0 Å². The number of hydrazone groups is 2.